The second-order valence-electron chi connectivity index (χ2n) is 6.61. The Balaban J connectivity index is 2.04. The molecule has 0 bridgehead atoms. The number of rotatable bonds is 5. The van der Waals surface area contributed by atoms with E-state index < -0.39 is 0 Å². The zero-order valence-corrected chi connectivity index (χ0v) is 12.7. The number of nitrogens with two attached hydrogens (primary N) is 1. The van der Waals surface area contributed by atoms with E-state index in [1.807, 2.05) is 0 Å². The maximum atomic E-state index is 6.09. The lowest BCUT2D eigenvalue weighted by molar-refractivity contribution is 0.161. The molecule has 0 saturated heterocycles. The van der Waals surface area contributed by atoms with Crippen LogP contribution in [-0.2, 0) is 6.42 Å². The predicted octanol–water partition coefficient (Wildman–Crippen LogP) is 3.55. The van der Waals surface area contributed by atoms with Crippen molar-refractivity contribution in [2.75, 3.05) is 6.54 Å². The average molecular weight is 263 g/mol. The Bertz CT molecular complexity index is 388. The standard InChI is InChI=1S/C16H29N3/c1-4-14(3)19-10-7-15(18-19)11-16(12-17)8-5-13(2)6-9-16/h7,10,13-14H,4-6,8-9,11-12,17H2,1-3H3. The fourth-order valence-electron chi connectivity index (χ4n) is 3.12. The molecular weight excluding hydrogens is 234 g/mol. The van der Waals surface area contributed by atoms with Gasteiger partial charge in [-0.25, -0.2) is 0 Å². The van der Waals surface area contributed by atoms with E-state index in [4.69, 9.17) is 10.8 Å². The number of hydrogen-bond acceptors (Lipinski definition) is 2. The summed E-state index contributed by atoms with van der Waals surface area (Å²) < 4.78 is 2.10. The van der Waals surface area contributed by atoms with Gasteiger partial charge in [-0.2, -0.15) is 5.10 Å². The van der Waals surface area contributed by atoms with Crippen molar-refractivity contribution in [2.45, 2.75) is 65.3 Å². The first-order valence-corrected chi connectivity index (χ1v) is 7.82. The monoisotopic (exact) mass is 263 g/mol. The van der Waals surface area contributed by atoms with Crippen LogP contribution in [0.1, 0.15) is 64.6 Å². The molecule has 1 saturated carbocycles. The van der Waals surface area contributed by atoms with Crippen molar-refractivity contribution in [2.24, 2.45) is 17.1 Å². The Morgan fingerprint density at radius 2 is 2.16 bits per heavy atom. The molecule has 1 aliphatic carbocycles. The minimum atomic E-state index is 0.307. The van der Waals surface area contributed by atoms with Crippen LogP contribution in [0.15, 0.2) is 12.3 Å². The fraction of sp³-hybridized carbons (Fsp3) is 0.812. The maximum absolute atomic E-state index is 6.09. The van der Waals surface area contributed by atoms with Gasteiger partial charge in [0.25, 0.3) is 0 Å². The summed E-state index contributed by atoms with van der Waals surface area (Å²) in [4.78, 5) is 0. The first-order valence-electron chi connectivity index (χ1n) is 7.82. The molecule has 0 amide bonds. The van der Waals surface area contributed by atoms with Gasteiger partial charge in [-0.15, -0.1) is 0 Å². The van der Waals surface area contributed by atoms with Crippen molar-refractivity contribution in [3.63, 3.8) is 0 Å². The fourth-order valence-corrected chi connectivity index (χ4v) is 3.12. The van der Waals surface area contributed by atoms with Gasteiger partial charge in [0.05, 0.1) is 5.69 Å². The smallest absolute Gasteiger partial charge is 0.0630 e. The number of nitrogens with zero attached hydrogens (tertiary/aromatic N) is 2. The van der Waals surface area contributed by atoms with E-state index in [2.05, 4.69) is 37.7 Å². The quantitative estimate of drug-likeness (QED) is 0.883. The summed E-state index contributed by atoms with van der Waals surface area (Å²) in [6.45, 7) is 7.59. The molecule has 1 aromatic heterocycles. The first-order chi connectivity index (χ1) is 9.08. The summed E-state index contributed by atoms with van der Waals surface area (Å²) in [5.41, 5.74) is 7.62. The molecule has 108 valence electrons. The van der Waals surface area contributed by atoms with Crippen LogP contribution in [-0.4, -0.2) is 16.3 Å². The molecular formula is C16H29N3. The third kappa shape index (κ3) is 3.38. The van der Waals surface area contributed by atoms with E-state index in [-0.39, 0.29) is 0 Å². The lowest BCUT2D eigenvalue weighted by Crippen LogP contribution is -2.36. The van der Waals surface area contributed by atoms with Gasteiger partial charge >= 0.3 is 0 Å². The highest BCUT2D eigenvalue weighted by atomic mass is 15.3. The predicted molar refractivity (Wildman–Crippen MR) is 80.1 cm³/mol. The summed E-state index contributed by atoms with van der Waals surface area (Å²) in [6, 6.07) is 2.68. The Morgan fingerprint density at radius 1 is 1.47 bits per heavy atom. The zero-order valence-electron chi connectivity index (χ0n) is 12.7. The Kier molecular flexibility index (Phi) is 4.67. The van der Waals surface area contributed by atoms with Crippen LogP contribution in [0.3, 0.4) is 0 Å². The Labute approximate surface area is 117 Å². The molecule has 1 aliphatic rings. The van der Waals surface area contributed by atoms with Gasteiger partial charge in [-0.1, -0.05) is 26.7 Å². The van der Waals surface area contributed by atoms with Gasteiger partial charge in [-0.3, -0.25) is 4.68 Å². The molecule has 0 aliphatic heterocycles. The second-order valence-corrected chi connectivity index (χ2v) is 6.61. The van der Waals surface area contributed by atoms with Crippen LogP contribution >= 0.6 is 0 Å². The summed E-state index contributed by atoms with van der Waals surface area (Å²) in [5.74, 6) is 0.873. The zero-order chi connectivity index (χ0) is 13.9. The van der Waals surface area contributed by atoms with Gasteiger partial charge < -0.3 is 5.73 Å². The summed E-state index contributed by atoms with van der Waals surface area (Å²) in [6.07, 6.45) is 9.48. The van der Waals surface area contributed by atoms with Crippen LogP contribution in [0.5, 0.6) is 0 Å². The summed E-state index contributed by atoms with van der Waals surface area (Å²) in [5, 5.41) is 4.75. The maximum Gasteiger partial charge on any atom is 0.0630 e. The van der Waals surface area contributed by atoms with Crippen molar-refractivity contribution in [3.05, 3.63) is 18.0 Å². The molecule has 1 unspecified atom stereocenters. The van der Waals surface area contributed by atoms with Gasteiger partial charge in [0.15, 0.2) is 0 Å². The van der Waals surface area contributed by atoms with E-state index in [1.54, 1.807) is 0 Å². The number of aromatic nitrogens is 2. The van der Waals surface area contributed by atoms with Gasteiger partial charge in [0.2, 0.25) is 0 Å². The van der Waals surface area contributed by atoms with E-state index in [0.717, 1.165) is 25.3 Å². The van der Waals surface area contributed by atoms with Crippen molar-refractivity contribution in [3.8, 4) is 0 Å². The van der Waals surface area contributed by atoms with Crippen LogP contribution < -0.4 is 5.73 Å². The molecule has 1 atom stereocenters. The molecule has 1 heterocycles. The summed E-state index contributed by atoms with van der Waals surface area (Å²) >= 11 is 0. The van der Waals surface area contributed by atoms with Crippen LogP contribution in [0.2, 0.25) is 0 Å². The Hall–Kier alpha value is -0.830. The lowest BCUT2D eigenvalue weighted by Gasteiger charge is -2.38. The third-order valence-electron chi connectivity index (χ3n) is 5.03. The molecule has 0 spiro atoms. The van der Waals surface area contributed by atoms with Crippen molar-refractivity contribution in [1.29, 1.82) is 0 Å². The highest BCUT2D eigenvalue weighted by molar-refractivity contribution is 5.05. The Morgan fingerprint density at radius 3 is 2.74 bits per heavy atom. The molecule has 1 aromatic rings. The molecule has 2 N–H and O–H groups in total. The topological polar surface area (TPSA) is 43.8 Å². The van der Waals surface area contributed by atoms with Crippen LogP contribution in [0.4, 0.5) is 0 Å². The normalized spacial score (nSPS) is 29.4. The molecule has 2 rings (SSSR count). The molecule has 19 heavy (non-hydrogen) atoms. The largest absolute Gasteiger partial charge is 0.330 e. The highest BCUT2D eigenvalue weighted by Crippen LogP contribution is 2.40. The van der Waals surface area contributed by atoms with Gasteiger partial charge in [0.1, 0.15) is 0 Å². The van der Waals surface area contributed by atoms with E-state index in [0.29, 0.717) is 11.5 Å². The van der Waals surface area contributed by atoms with Crippen LogP contribution in [0.25, 0.3) is 0 Å². The summed E-state index contributed by atoms with van der Waals surface area (Å²) in [7, 11) is 0. The first kappa shape index (κ1) is 14.6. The minimum absolute atomic E-state index is 0.307. The van der Waals surface area contributed by atoms with Crippen molar-refractivity contribution < 1.29 is 0 Å². The van der Waals surface area contributed by atoms with Crippen molar-refractivity contribution >= 4 is 0 Å². The molecule has 0 aromatic carbocycles. The number of hydrogen-bond donors (Lipinski definition) is 1. The SMILES string of the molecule is CCC(C)n1ccc(CC2(CN)CCC(C)CC2)n1. The minimum Gasteiger partial charge on any atom is -0.330 e. The van der Waals surface area contributed by atoms with Gasteiger partial charge in [-0.05, 0) is 56.6 Å². The lowest BCUT2D eigenvalue weighted by atomic mass is 9.68. The molecule has 0 radical (unpaired) electrons. The molecule has 3 heteroatoms. The van der Waals surface area contributed by atoms with E-state index in [1.165, 1.54) is 31.4 Å². The van der Waals surface area contributed by atoms with Crippen molar-refractivity contribution in [1.82, 2.24) is 9.78 Å². The average Bonchev–Trinajstić information content (AvgIpc) is 2.89. The molecule has 1 fully saturated rings. The molecule has 3 nitrogen and oxygen atoms in total. The highest BCUT2D eigenvalue weighted by Gasteiger charge is 2.33. The van der Waals surface area contributed by atoms with E-state index >= 15 is 0 Å². The van der Waals surface area contributed by atoms with E-state index in [9.17, 15) is 0 Å². The second kappa shape index (κ2) is 6.08. The van der Waals surface area contributed by atoms with Crippen LogP contribution in [0, 0.1) is 11.3 Å². The third-order valence-corrected chi connectivity index (χ3v) is 5.03. The van der Waals surface area contributed by atoms with Gasteiger partial charge in [0, 0.05) is 12.2 Å².